The SMILES string of the molecule is COc1cccc(COC(C)CNC(C)(C)C)c1. The highest BCUT2D eigenvalue weighted by molar-refractivity contribution is 5.27. The molecule has 0 aliphatic carbocycles. The zero-order chi connectivity index (χ0) is 13.6. The van der Waals surface area contributed by atoms with Gasteiger partial charge in [-0.15, -0.1) is 0 Å². The van der Waals surface area contributed by atoms with Crippen LogP contribution in [-0.2, 0) is 11.3 Å². The first kappa shape index (κ1) is 15.0. The number of rotatable bonds is 6. The van der Waals surface area contributed by atoms with E-state index in [0.717, 1.165) is 17.9 Å². The van der Waals surface area contributed by atoms with Crippen LogP contribution in [-0.4, -0.2) is 25.3 Å². The second kappa shape index (κ2) is 6.76. The van der Waals surface area contributed by atoms with Crippen LogP contribution in [0.15, 0.2) is 24.3 Å². The van der Waals surface area contributed by atoms with Crippen LogP contribution in [0.2, 0.25) is 0 Å². The van der Waals surface area contributed by atoms with Crippen LogP contribution >= 0.6 is 0 Å². The van der Waals surface area contributed by atoms with Crippen molar-refractivity contribution in [2.24, 2.45) is 0 Å². The fourth-order valence-electron chi connectivity index (χ4n) is 1.51. The molecular formula is C15H25NO2. The highest BCUT2D eigenvalue weighted by Gasteiger charge is 2.11. The minimum atomic E-state index is 0.133. The zero-order valence-corrected chi connectivity index (χ0v) is 12.1. The van der Waals surface area contributed by atoms with E-state index in [1.165, 1.54) is 0 Å². The molecule has 0 radical (unpaired) electrons. The number of benzene rings is 1. The van der Waals surface area contributed by atoms with E-state index >= 15 is 0 Å². The first-order chi connectivity index (χ1) is 8.40. The highest BCUT2D eigenvalue weighted by atomic mass is 16.5. The Labute approximate surface area is 110 Å². The van der Waals surface area contributed by atoms with Crippen molar-refractivity contribution in [1.29, 1.82) is 0 Å². The Hall–Kier alpha value is -1.06. The summed E-state index contributed by atoms with van der Waals surface area (Å²) in [7, 11) is 1.68. The smallest absolute Gasteiger partial charge is 0.119 e. The summed E-state index contributed by atoms with van der Waals surface area (Å²) < 4.78 is 11.0. The molecule has 1 atom stereocenters. The van der Waals surface area contributed by atoms with Gasteiger partial charge in [0.2, 0.25) is 0 Å². The van der Waals surface area contributed by atoms with E-state index in [4.69, 9.17) is 9.47 Å². The van der Waals surface area contributed by atoms with Crippen molar-refractivity contribution in [3.63, 3.8) is 0 Å². The molecule has 1 unspecified atom stereocenters. The van der Waals surface area contributed by atoms with Crippen molar-refractivity contribution in [2.45, 2.75) is 45.9 Å². The Kier molecular flexibility index (Phi) is 5.63. The minimum absolute atomic E-state index is 0.133. The molecule has 0 aliphatic rings. The molecule has 0 saturated heterocycles. The lowest BCUT2D eigenvalue weighted by atomic mass is 10.1. The van der Waals surface area contributed by atoms with E-state index in [1.807, 2.05) is 24.3 Å². The van der Waals surface area contributed by atoms with Crippen molar-refractivity contribution >= 4 is 0 Å². The normalized spacial score (nSPS) is 13.4. The van der Waals surface area contributed by atoms with Gasteiger partial charge < -0.3 is 14.8 Å². The lowest BCUT2D eigenvalue weighted by molar-refractivity contribution is 0.0491. The number of ether oxygens (including phenoxy) is 2. The minimum Gasteiger partial charge on any atom is -0.497 e. The Bertz CT molecular complexity index is 358. The van der Waals surface area contributed by atoms with E-state index in [1.54, 1.807) is 7.11 Å². The summed E-state index contributed by atoms with van der Waals surface area (Å²) in [5, 5.41) is 3.43. The molecule has 0 fully saturated rings. The number of nitrogens with one attached hydrogen (secondary N) is 1. The molecule has 1 N–H and O–H groups in total. The molecule has 0 amide bonds. The van der Waals surface area contributed by atoms with Gasteiger partial charge >= 0.3 is 0 Å². The maximum Gasteiger partial charge on any atom is 0.119 e. The molecular weight excluding hydrogens is 226 g/mol. The molecule has 18 heavy (non-hydrogen) atoms. The molecule has 0 heterocycles. The van der Waals surface area contributed by atoms with E-state index in [9.17, 15) is 0 Å². The van der Waals surface area contributed by atoms with Crippen LogP contribution in [0.4, 0.5) is 0 Å². The quantitative estimate of drug-likeness (QED) is 0.843. The summed E-state index contributed by atoms with van der Waals surface area (Å²) in [5.74, 6) is 0.872. The van der Waals surface area contributed by atoms with Crippen molar-refractivity contribution in [2.75, 3.05) is 13.7 Å². The lowest BCUT2D eigenvalue weighted by Crippen LogP contribution is -2.40. The van der Waals surface area contributed by atoms with E-state index in [2.05, 4.69) is 33.0 Å². The van der Waals surface area contributed by atoms with Gasteiger partial charge in [0, 0.05) is 12.1 Å². The summed E-state index contributed by atoms with van der Waals surface area (Å²) in [6.45, 7) is 10.0. The van der Waals surface area contributed by atoms with Gasteiger partial charge in [-0.1, -0.05) is 12.1 Å². The van der Waals surface area contributed by atoms with Crippen molar-refractivity contribution in [1.82, 2.24) is 5.32 Å². The second-order valence-electron chi connectivity index (χ2n) is 5.60. The topological polar surface area (TPSA) is 30.5 Å². The van der Waals surface area contributed by atoms with Crippen LogP contribution in [0.3, 0.4) is 0 Å². The van der Waals surface area contributed by atoms with Gasteiger partial charge in [0.1, 0.15) is 5.75 Å². The van der Waals surface area contributed by atoms with Gasteiger partial charge in [0.15, 0.2) is 0 Å². The summed E-state index contributed by atoms with van der Waals surface area (Å²) in [4.78, 5) is 0. The predicted molar refractivity (Wildman–Crippen MR) is 75.0 cm³/mol. The van der Waals surface area contributed by atoms with Gasteiger partial charge in [0.25, 0.3) is 0 Å². The fraction of sp³-hybridized carbons (Fsp3) is 0.600. The fourth-order valence-corrected chi connectivity index (χ4v) is 1.51. The van der Waals surface area contributed by atoms with Crippen LogP contribution < -0.4 is 10.1 Å². The molecule has 0 aromatic heterocycles. The van der Waals surface area contributed by atoms with Crippen LogP contribution in [0.1, 0.15) is 33.3 Å². The number of methoxy groups -OCH3 is 1. The molecule has 1 aromatic rings. The average Bonchev–Trinajstić information content (AvgIpc) is 2.33. The molecule has 3 heteroatoms. The average molecular weight is 251 g/mol. The van der Waals surface area contributed by atoms with Crippen LogP contribution in [0, 0.1) is 0 Å². The van der Waals surface area contributed by atoms with Crippen molar-refractivity contribution in [3.05, 3.63) is 29.8 Å². The van der Waals surface area contributed by atoms with Gasteiger partial charge in [-0.2, -0.15) is 0 Å². The Balaban J connectivity index is 2.35. The lowest BCUT2D eigenvalue weighted by Gasteiger charge is -2.23. The molecule has 1 aromatic carbocycles. The summed E-state index contributed by atoms with van der Waals surface area (Å²) in [5.41, 5.74) is 1.27. The van der Waals surface area contributed by atoms with E-state index in [0.29, 0.717) is 6.61 Å². The second-order valence-corrected chi connectivity index (χ2v) is 5.60. The maximum absolute atomic E-state index is 5.80. The molecule has 3 nitrogen and oxygen atoms in total. The van der Waals surface area contributed by atoms with Crippen LogP contribution in [0.5, 0.6) is 5.75 Å². The van der Waals surface area contributed by atoms with Gasteiger partial charge in [-0.05, 0) is 45.4 Å². The third kappa shape index (κ3) is 6.03. The monoisotopic (exact) mass is 251 g/mol. The Morgan fingerprint density at radius 2 is 2.00 bits per heavy atom. The van der Waals surface area contributed by atoms with E-state index < -0.39 is 0 Å². The summed E-state index contributed by atoms with van der Waals surface area (Å²) >= 11 is 0. The molecule has 0 aliphatic heterocycles. The third-order valence-corrected chi connectivity index (χ3v) is 2.59. The van der Waals surface area contributed by atoms with Gasteiger partial charge in [-0.25, -0.2) is 0 Å². The Morgan fingerprint density at radius 1 is 1.28 bits per heavy atom. The van der Waals surface area contributed by atoms with Gasteiger partial charge in [0.05, 0.1) is 19.8 Å². The molecule has 0 bridgehead atoms. The molecule has 102 valence electrons. The molecule has 0 saturated carbocycles. The van der Waals surface area contributed by atoms with Crippen molar-refractivity contribution in [3.8, 4) is 5.75 Å². The predicted octanol–water partition coefficient (Wildman–Crippen LogP) is 2.99. The highest BCUT2D eigenvalue weighted by Crippen LogP contribution is 2.13. The zero-order valence-electron chi connectivity index (χ0n) is 12.1. The molecule has 1 rings (SSSR count). The Morgan fingerprint density at radius 3 is 2.61 bits per heavy atom. The number of hydrogen-bond acceptors (Lipinski definition) is 3. The van der Waals surface area contributed by atoms with E-state index in [-0.39, 0.29) is 11.6 Å². The largest absolute Gasteiger partial charge is 0.497 e. The first-order valence-corrected chi connectivity index (χ1v) is 6.40. The summed E-state index contributed by atoms with van der Waals surface area (Å²) in [6, 6.07) is 7.97. The van der Waals surface area contributed by atoms with Crippen LogP contribution in [0.25, 0.3) is 0 Å². The maximum atomic E-state index is 5.80. The third-order valence-electron chi connectivity index (χ3n) is 2.59. The standard InChI is InChI=1S/C15H25NO2/c1-12(10-16-15(2,3)4)18-11-13-7-6-8-14(9-13)17-5/h6-9,12,16H,10-11H2,1-5H3. The number of hydrogen-bond donors (Lipinski definition) is 1. The molecule has 0 spiro atoms. The van der Waals surface area contributed by atoms with Crippen molar-refractivity contribution < 1.29 is 9.47 Å². The summed E-state index contributed by atoms with van der Waals surface area (Å²) in [6.07, 6.45) is 0.190. The van der Waals surface area contributed by atoms with Gasteiger partial charge in [-0.3, -0.25) is 0 Å². The first-order valence-electron chi connectivity index (χ1n) is 6.40.